The quantitative estimate of drug-likeness (QED) is 0.633. The fraction of sp³-hybridized carbons (Fsp3) is 0.500. The molecule has 2 aromatic rings. The lowest BCUT2D eigenvalue weighted by atomic mass is 10.2. The molecule has 0 atom stereocenters. The van der Waals surface area contributed by atoms with Crippen LogP contribution < -0.4 is 4.74 Å². The normalized spacial score (nSPS) is 11.6. The van der Waals surface area contributed by atoms with Gasteiger partial charge in [-0.15, -0.1) is 10.2 Å². The van der Waals surface area contributed by atoms with Gasteiger partial charge < -0.3 is 9.30 Å². The van der Waals surface area contributed by atoms with E-state index in [1.54, 1.807) is 7.11 Å². The largest absolute Gasteiger partial charge is 0.497 e. The van der Waals surface area contributed by atoms with Crippen molar-refractivity contribution in [3.05, 3.63) is 24.3 Å². The number of rotatable bonds is 9. The Kier molecular flexibility index (Phi) is 6.68. The predicted octanol–water partition coefficient (Wildman–Crippen LogP) is 2.89. The Labute approximate surface area is 147 Å². The van der Waals surface area contributed by atoms with Crippen LogP contribution in [0.4, 0.5) is 0 Å². The highest BCUT2D eigenvalue weighted by Gasteiger charge is 2.15. The molecule has 8 heteroatoms. The zero-order valence-corrected chi connectivity index (χ0v) is 15.9. The topological polar surface area (TPSA) is 74.1 Å². The van der Waals surface area contributed by atoms with Gasteiger partial charge in [0.25, 0.3) is 0 Å². The molecule has 1 heterocycles. The van der Waals surface area contributed by atoms with Gasteiger partial charge in [0.1, 0.15) is 15.6 Å². The average molecular weight is 370 g/mol. The van der Waals surface area contributed by atoms with E-state index in [1.807, 2.05) is 24.3 Å². The summed E-state index contributed by atoms with van der Waals surface area (Å²) in [4.78, 5) is 0. The summed E-state index contributed by atoms with van der Waals surface area (Å²) in [5, 5.41) is 9.33. The number of aromatic nitrogens is 3. The second-order valence-corrected chi connectivity index (χ2v) is 8.84. The highest BCUT2D eigenvalue weighted by Crippen LogP contribution is 2.26. The van der Waals surface area contributed by atoms with Crippen LogP contribution in [-0.4, -0.2) is 48.1 Å². The fourth-order valence-electron chi connectivity index (χ4n) is 2.15. The van der Waals surface area contributed by atoms with Gasteiger partial charge in [0.15, 0.2) is 11.0 Å². The summed E-state index contributed by atoms with van der Waals surface area (Å²) in [5.41, 5.74) is 0.967. The number of ether oxygens (including phenoxy) is 1. The number of thioether (sulfide) groups is 1. The number of sulfone groups is 1. The third-order valence-electron chi connectivity index (χ3n) is 3.49. The second kappa shape index (κ2) is 8.53. The molecule has 1 aromatic carbocycles. The van der Waals surface area contributed by atoms with Gasteiger partial charge in [0.05, 0.1) is 12.9 Å². The number of hydrogen-bond donors (Lipinski definition) is 0. The molecule has 1 aromatic heterocycles. The third-order valence-corrected chi connectivity index (χ3v) is 5.66. The van der Waals surface area contributed by atoms with Crippen LogP contribution in [0.2, 0.25) is 0 Å². The fourth-order valence-corrected chi connectivity index (χ4v) is 4.31. The number of methoxy groups -OCH3 is 1. The zero-order valence-electron chi connectivity index (χ0n) is 14.2. The molecular formula is C16H23N3O3S2. The molecule has 6 nitrogen and oxygen atoms in total. The molecule has 0 amide bonds. The maximum Gasteiger partial charge on any atom is 0.191 e. The number of benzene rings is 1. The van der Waals surface area contributed by atoms with Crippen molar-refractivity contribution in [1.82, 2.24) is 14.8 Å². The lowest BCUT2D eigenvalue weighted by Crippen LogP contribution is -2.07. The van der Waals surface area contributed by atoms with E-state index in [0.29, 0.717) is 5.75 Å². The Bertz CT molecular complexity index is 755. The van der Waals surface area contributed by atoms with Crippen molar-refractivity contribution < 1.29 is 13.2 Å². The Balaban J connectivity index is 2.23. The molecule has 2 rings (SSSR count). The van der Waals surface area contributed by atoms with Crippen LogP contribution in [0.5, 0.6) is 5.75 Å². The van der Waals surface area contributed by atoms with Gasteiger partial charge in [0.2, 0.25) is 0 Å². The van der Waals surface area contributed by atoms with E-state index in [0.717, 1.165) is 41.7 Å². The summed E-state index contributed by atoms with van der Waals surface area (Å²) >= 11 is 1.43. The molecule has 132 valence electrons. The molecule has 0 aliphatic heterocycles. The van der Waals surface area contributed by atoms with Crippen molar-refractivity contribution in [2.24, 2.45) is 0 Å². The summed E-state index contributed by atoms with van der Waals surface area (Å²) in [5.74, 6) is 2.20. The maximum absolute atomic E-state index is 11.3. The van der Waals surface area contributed by atoms with Gasteiger partial charge in [-0.05, 0) is 30.7 Å². The minimum atomic E-state index is -2.97. The molecule has 0 N–H and O–H groups in total. The minimum absolute atomic E-state index is 0.135. The minimum Gasteiger partial charge on any atom is -0.497 e. The second-order valence-electron chi connectivity index (χ2n) is 5.52. The molecule has 0 unspecified atom stereocenters. The van der Waals surface area contributed by atoms with Crippen LogP contribution in [0.15, 0.2) is 29.4 Å². The van der Waals surface area contributed by atoms with E-state index >= 15 is 0 Å². The Morgan fingerprint density at radius 3 is 2.50 bits per heavy atom. The first kappa shape index (κ1) is 18.8. The van der Waals surface area contributed by atoms with Crippen molar-refractivity contribution in [1.29, 1.82) is 0 Å². The molecule has 0 fully saturated rings. The first-order valence-corrected chi connectivity index (χ1v) is 10.9. The molecule has 0 radical (unpaired) electrons. The highest BCUT2D eigenvalue weighted by molar-refractivity contribution is 8.00. The SMILES string of the molecule is CCCCn1c(SCCS(C)(=O)=O)nnc1-c1ccc(OC)cc1. The molecule has 0 bridgehead atoms. The van der Waals surface area contributed by atoms with Crippen molar-refractivity contribution in [3.8, 4) is 17.1 Å². The van der Waals surface area contributed by atoms with Crippen LogP contribution >= 0.6 is 11.8 Å². The summed E-state index contributed by atoms with van der Waals surface area (Å²) in [6.07, 6.45) is 3.33. The third kappa shape index (κ3) is 5.24. The van der Waals surface area contributed by atoms with Gasteiger partial charge in [-0.1, -0.05) is 25.1 Å². The summed E-state index contributed by atoms with van der Waals surface area (Å²) in [6, 6.07) is 7.70. The maximum atomic E-state index is 11.3. The molecule has 24 heavy (non-hydrogen) atoms. The molecule has 0 saturated heterocycles. The standard InChI is InChI=1S/C16H23N3O3S2/c1-4-5-10-19-15(13-6-8-14(22-2)9-7-13)17-18-16(19)23-11-12-24(3,20)21/h6-9H,4-5,10-12H2,1-3H3. The Morgan fingerprint density at radius 1 is 1.21 bits per heavy atom. The van der Waals surface area contributed by atoms with Gasteiger partial charge in [-0.3, -0.25) is 0 Å². The van der Waals surface area contributed by atoms with E-state index in [-0.39, 0.29) is 5.75 Å². The summed E-state index contributed by atoms with van der Waals surface area (Å²) in [7, 11) is -1.34. The van der Waals surface area contributed by atoms with Crippen molar-refractivity contribution in [2.45, 2.75) is 31.5 Å². The van der Waals surface area contributed by atoms with Gasteiger partial charge in [-0.25, -0.2) is 8.42 Å². The average Bonchev–Trinajstić information content (AvgIpc) is 2.94. The molecule has 0 spiro atoms. The molecule has 0 saturated carbocycles. The van der Waals surface area contributed by atoms with Crippen molar-refractivity contribution in [2.75, 3.05) is 24.9 Å². The van der Waals surface area contributed by atoms with Gasteiger partial charge in [0, 0.05) is 24.1 Å². The first-order chi connectivity index (χ1) is 11.4. The van der Waals surface area contributed by atoms with Crippen molar-refractivity contribution in [3.63, 3.8) is 0 Å². The van der Waals surface area contributed by atoms with Crippen LogP contribution in [-0.2, 0) is 16.4 Å². The predicted molar refractivity (Wildman–Crippen MR) is 97.4 cm³/mol. The summed E-state index contributed by atoms with van der Waals surface area (Å²) < 4.78 is 29.8. The van der Waals surface area contributed by atoms with E-state index in [9.17, 15) is 8.42 Å². The Morgan fingerprint density at radius 2 is 1.92 bits per heavy atom. The van der Waals surface area contributed by atoms with E-state index in [2.05, 4.69) is 21.7 Å². The number of unbranched alkanes of at least 4 members (excludes halogenated alkanes) is 1. The van der Waals surface area contributed by atoms with Crippen LogP contribution in [0.25, 0.3) is 11.4 Å². The van der Waals surface area contributed by atoms with Crippen LogP contribution in [0, 0.1) is 0 Å². The Hall–Kier alpha value is -1.54. The smallest absolute Gasteiger partial charge is 0.191 e. The van der Waals surface area contributed by atoms with Crippen molar-refractivity contribution >= 4 is 21.6 Å². The molecular weight excluding hydrogens is 346 g/mol. The molecule has 0 aliphatic carbocycles. The van der Waals surface area contributed by atoms with E-state index < -0.39 is 9.84 Å². The van der Waals surface area contributed by atoms with E-state index in [4.69, 9.17) is 4.74 Å². The zero-order chi connectivity index (χ0) is 17.6. The van der Waals surface area contributed by atoms with Crippen LogP contribution in [0.1, 0.15) is 19.8 Å². The lowest BCUT2D eigenvalue weighted by Gasteiger charge is -2.10. The first-order valence-electron chi connectivity index (χ1n) is 7.82. The molecule has 0 aliphatic rings. The van der Waals surface area contributed by atoms with Crippen LogP contribution in [0.3, 0.4) is 0 Å². The monoisotopic (exact) mass is 369 g/mol. The van der Waals surface area contributed by atoms with Gasteiger partial charge in [-0.2, -0.15) is 0 Å². The summed E-state index contributed by atoms with van der Waals surface area (Å²) in [6.45, 7) is 2.94. The number of nitrogens with zero attached hydrogens (tertiary/aromatic N) is 3. The number of hydrogen-bond acceptors (Lipinski definition) is 6. The van der Waals surface area contributed by atoms with Gasteiger partial charge >= 0.3 is 0 Å². The van der Waals surface area contributed by atoms with E-state index in [1.165, 1.54) is 18.0 Å². The lowest BCUT2D eigenvalue weighted by molar-refractivity contribution is 0.415. The highest BCUT2D eigenvalue weighted by atomic mass is 32.2.